The van der Waals surface area contributed by atoms with Gasteiger partial charge in [-0.1, -0.05) is 0 Å². The van der Waals surface area contributed by atoms with Crippen molar-refractivity contribution in [2.24, 2.45) is 0 Å². The van der Waals surface area contributed by atoms with Crippen LogP contribution in [-0.2, 0) is 4.74 Å². The number of nitrogen functional groups attached to an aromatic ring is 1. The van der Waals surface area contributed by atoms with Gasteiger partial charge in [0.05, 0.1) is 13.2 Å². The first kappa shape index (κ1) is 11.7. The summed E-state index contributed by atoms with van der Waals surface area (Å²) in [4.78, 5) is 7.93. The number of hydrogen-bond acceptors (Lipinski definition) is 6. The molecule has 0 aliphatic heterocycles. The Labute approximate surface area is 88.5 Å². The van der Waals surface area contributed by atoms with Gasteiger partial charge in [0.1, 0.15) is 0 Å². The van der Waals surface area contributed by atoms with E-state index in [1.165, 1.54) is 0 Å². The Morgan fingerprint density at radius 1 is 1.33 bits per heavy atom. The Morgan fingerprint density at radius 3 is 2.87 bits per heavy atom. The van der Waals surface area contributed by atoms with Crippen LogP contribution in [0.3, 0.4) is 0 Å². The van der Waals surface area contributed by atoms with Crippen LogP contribution in [0, 0.1) is 0 Å². The molecule has 1 rings (SSSR count). The van der Waals surface area contributed by atoms with Crippen molar-refractivity contribution >= 4 is 11.6 Å². The molecule has 0 atom stereocenters. The van der Waals surface area contributed by atoms with Crippen molar-refractivity contribution in [2.75, 3.05) is 37.4 Å². The van der Waals surface area contributed by atoms with Gasteiger partial charge in [-0.25, -0.2) is 9.97 Å². The second-order valence-electron chi connectivity index (χ2n) is 2.91. The number of anilines is 2. The van der Waals surface area contributed by atoms with Crippen molar-refractivity contribution in [3.8, 4) is 0 Å². The third-order valence-electron chi connectivity index (χ3n) is 1.72. The zero-order chi connectivity index (χ0) is 10.9. The van der Waals surface area contributed by atoms with E-state index in [0.717, 1.165) is 6.42 Å². The van der Waals surface area contributed by atoms with Crippen LogP contribution in [0.5, 0.6) is 0 Å². The van der Waals surface area contributed by atoms with Crippen molar-refractivity contribution in [3.63, 3.8) is 0 Å². The van der Waals surface area contributed by atoms with Gasteiger partial charge in [0.15, 0.2) is 11.6 Å². The van der Waals surface area contributed by atoms with E-state index < -0.39 is 0 Å². The monoisotopic (exact) mass is 212 g/mol. The number of aliphatic hydroxyl groups is 1. The van der Waals surface area contributed by atoms with Crippen LogP contribution in [0.4, 0.5) is 11.6 Å². The average Bonchev–Trinajstić information content (AvgIpc) is 2.25. The van der Waals surface area contributed by atoms with E-state index in [-0.39, 0.29) is 6.61 Å². The molecule has 15 heavy (non-hydrogen) atoms. The zero-order valence-corrected chi connectivity index (χ0v) is 8.52. The molecule has 0 fully saturated rings. The fraction of sp³-hybridized carbons (Fsp3) is 0.556. The summed E-state index contributed by atoms with van der Waals surface area (Å²) < 4.78 is 5.09. The van der Waals surface area contributed by atoms with Crippen LogP contribution in [0.25, 0.3) is 0 Å². The molecule has 1 heterocycles. The summed E-state index contributed by atoms with van der Waals surface area (Å²) in [6, 6.07) is 0. The Kier molecular flexibility index (Phi) is 5.42. The van der Waals surface area contributed by atoms with E-state index in [9.17, 15) is 0 Å². The molecule has 0 spiro atoms. The number of aliphatic hydroxyl groups excluding tert-OH is 1. The van der Waals surface area contributed by atoms with Crippen molar-refractivity contribution in [1.82, 2.24) is 9.97 Å². The van der Waals surface area contributed by atoms with E-state index in [2.05, 4.69) is 15.3 Å². The van der Waals surface area contributed by atoms with E-state index >= 15 is 0 Å². The average molecular weight is 212 g/mol. The minimum absolute atomic E-state index is 0.0601. The molecule has 0 amide bonds. The Morgan fingerprint density at radius 2 is 2.13 bits per heavy atom. The number of ether oxygens (including phenoxy) is 1. The highest BCUT2D eigenvalue weighted by molar-refractivity contribution is 5.54. The highest BCUT2D eigenvalue weighted by Crippen LogP contribution is 2.08. The number of nitrogens with zero attached hydrogens (tertiary/aromatic N) is 2. The summed E-state index contributed by atoms with van der Waals surface area (Å²) >= 11 is 0. The summed E-state index contributed by atoms with van der Waals surface area (Å²) in [5.41, 5.74) is 5.58. The molecule has 0 unspecified atom stereocenters. The SMILES string of the molecule is Nc1nccnc1NCCCOCCO. The summed E-state index contributed by atoms with van der Waals surface area (Å²) in [7, 11) is 0. The quantitative estimate of drug-likeness (QED) is 0.545. The van der Waals surface area contributed by atoms with Crippen molar-refractivity contribution in [1.29, 1.82) is 0 Å². The van der Waals surface area contributed by atoms with Gasteiger partial charge in [-0.05, 0) is 6.42 Å². The van der Waals surface area contributed by atoms with Gasteiger partial charge >= 0.3 is 0 Å². The van der Waals surface area contributed by atoms with Gasteiger partial charge in [0.2, 0.25) is 0 Å². The normalized spacial score (nSPS) is 10.2. The van der Waals surface area contributed by atoms with Gasteiger partial charge in [-0.3, -0.25) is 0 Å². The lowest BCUT2D eigenvalue weighted by Gasteiger charge is -2.06. The third-order valence-corrected chi connectivity index (χ3v) is 1.72. The molecule has 0 aromatic carbocycles. The minimum Gasteiger partial charge on any atom is -0.394 e. The fourth-order valence-corrected chi connectivity index (χ4v) is 1.03. The van der Waals surface area contributed by atoms with Crippen LogP contribution in [0.1, 0.15) is 6.42 Å². The zero-order valence-electron chi connectivity index (χ0n) is 8.52. The molecule has 6 nitrogen and oxygen atoms in total. The van der Waals surface area contributed by atoms with Gasteiger partial charge < -0.3 is 20.9 Å². The minimum atomic E-state index is 0.0601. The maximum Gasteiger partial charge on any atom is 0.168 e. The largest absolute Gasteiger partial charge is 0.394 e. The molecule has 0 radical (unpaired) electrons. The van der Waals surface area contributed by atoms with E-state index in [0.29, 0.717) is 31.4 Å². The number of nitrogens with one attached hydrogen (secondary N) is 1. The first-order valence-corrected chi connectivity index (χ1v) is 4.83. The number of nitrogens with two attached hydrogens (primary N) is 1. The molecule has 0 saturated heterocycles. The maximum atomic E-state index is 8.46. The smallest absolute Gasteiger partial charge is 0.168 e. The van der Waals surface area contributed by atoms with E-state index in [1.54, 1.807) is 12.4 Å². The van der Waals surface area contributed by atoms with E-state index in [4.69, 9.17) is 15.6 Å². The van der Waals surface area contributed by atoms with Crippen LogP contribution in [-0.4, -0.2) is 41.4 Å². The number of rotatable bonds is 7. The molecule has 1 aromatic rings. The summed E-state index contributed by atoms with van der Waals surface area (Å²) in [5, 5.41) is 11.5. The molecular formula is C9H16N4O2. The van der Waals surface area contributed by atoms with Crippen molar-refractivity contribution in [3.05, 3.63) is 12.4 Å². The first-order chi connectivity index (χ1) is 7.34. The molecule has 0 aliphatic rings. The number of aromatic nitrogens is 2. The lowest BCUT2D eigenvalue weighted by atomic mass is 10.4. The van der Waals surface area contributed by atoms with Gasteiger partial charge in [0, 0.05) is 25.5 Å². The van der Waals surface area contributed by atoms with Gasteiger partial charge in [0.25, 0.3) is 0 Å². The predicted molar refractivity (Wildman–Crippen MR) is 57.5 cm³/mol. The Balaban J connectivity index is 2.12. The predicted octanol–water partition coefficient (Wildman–Crippen LogP) is -0.130. The topological polar surface area (TPSA) is 93.3 Å². The van der Waals surface area contributed by atoms with Crippen LogP contribution < -0.4 is 11.1 Å². The lowest BCUT2D eigenvalue weighted by molar-refractivity contribution is 0.0922. The standard InChI is InChI=1S/C9H16N4O2/c10-8-9(13-4-3-11-8)12-2-1-6-15-7-5-14/h3-4,14H,1-2,5-7H2,(H2,10,11)(H,12,13). The molecule has 0 bridgehead atoms. The van der Waals surface area contributed by atoms with E-state index in [1.807, 2.05) is 0 Å². The summed E-state index contributed by atoms with van der Waals surface area (Å²) in [6.07, 6.45) is 3.96. The second-order valence-corrected chi connectivity index (χ2v) is 2.91. The highest BCUT2D eigenvalue weighted by Gasteiger charge is 1.98. The Bertz CT molecular complexity index is 283. The summed E-state index contributed by atoms with van der Waals surface area (Å²) in [5.74, 6) is 0.994. The summed E-state index contributed by atoms with van der Waals surface area (Å²) in [6.45, 7) is 1.76. The molecule has 0 aliphatic carbocycles. The molecular weight excluding hydrogens is 196 g/mol. The number of hydrogen-bond donors (Lipinski definition) is 3. The van der Waals surface area contributed by atoms with Crippen LogP contribution in [0.15, 0.2) is 12.4 Å². The first-order valence-electron chi connectivity index (χ1n) is 4.83. The maximum absolute atomic E-state index is 8.46. The lowest BCUT2D eigenvalue weighted by Crippen LogP contribution is -2.10. The van der Waals surface area contributed by atoms with Gasteiger partial charge in [-0.15, -0.1) is 0 Å². The van der Waals surface area contributed by atoms with Gasteiger partial charge in [-0.2, -0.15) is 0 Å². The molecule has 1 aromatic heterocycles. The van der Waals surface area contributed by atoms with Crippen molar-refractivity contribution < 1.29 is 9.84 Å². The molecule has 0 saturated carbocycles. The Hall–Kier alpha value is -1.40. The van der Waals surface area contributed by atoms with Crippen LogP contribution >= 0.6 is 0 Å². The molecule has 84 valence electrons. The van der Waals surface area contributed by atoms with Crippen molar-refractivity contribution in [2.45, 2.75) is 6.42 Å². The highest BCUT2D eigenvalue weighted by atomic mass is 16.5. The fourth-order valence-electron chi connectivity index (χ4n) is 1.03. The van der Waals surface area contributed by atoms with Crippen LogP contribution in [0.2, 0.25) is 0 Å². The second kappa shape index (κ2) is 6.97. The third kappa shape index (κ3) is 4.57. The molecule has 6 heteroatoms. The molecule has 4 N–H and O–H groups in total.